The first-order chi connectivity index (χ1) is 12.9. The second-order valence-electron chi connectivity index (χ2n) is 6.49. The Kier molecular flexibility index (Phi) is 5.56. The molecule has 0 fully saturated rings. The number of ether oxygens (including phenoxy) is 1. The van der Waals surface area contributed by atoms with Gasteiger partial charge < -0.3 is 14.2 Å². The van der Waals surface area contributed by atoms with E-state index < -0.39 is 0 Å². The van der Waals surface area contributed by atoms with Crippen LogP contribution >= 0.6 is 11.6 Å². The second kappa shape index (κ2) is 7.88. The number of amides is 1. The average Bonchev–Trinajstić information content (AvgIpc) is 3.16. The molecule has 0 atom stereocenters. The molecular formula is C20H23ClN4O2. The van der Waals surface area contributed by atoms with Gasteiger partial charge >= 0.3 is 0 Å². The molecule has 0 bridgehead atoms. The van der Waals surface area contributed by atoms with E-state index in [1.165, 1.54) is 0 Å². The fraction of sp³-hybridized carbons (Fsp3) is 0.300. The molecule has 0 saturated heterocycles. The summed E-state index contributed by atoms with van der Waals surface area (Å²) in [6, 6.07) is 11.3. The normalized spacial score (nSPS) is 10.9. The highest BCUT2D eigenvalue weighted by Gasteiger charge is 2.22. The van der Waals surface area contributed by atoms with Crippen LogP contribution in [0, 0.1) is 13.8 Å². The van der Waals surface area contributed by atoms with E-state index in [2.05, 4.69) is 5.10 Å². The van der Waals surface area contributed by atoms with Crippen LogP contribution in [0.3, 0.4) is 0 Å². The minimum absolute atomic E-state index is 0.0969. The molecule has 0 N–H and O–H groups in total. The van der Waals surface area contributed by atoms with Crippen LogP contribution in [0.25, 0.3) is 5.82 Å². The van der Waals surface area contributed by atoms with Crippen molar-refractivity contribution in [2.24, 2.45) is 7.05 Å². The maximum atomic E-state index is 13.0. The predicted molar refractivity (Wildman–Crippen MR) is 106 cm³/mol. The first kappa shape index (κ1) is 19.0. The summed E-state index contributed by atoms with van der Waals surface area (Å²) in [5.41, 5.74) is 2.67. The van der Waals surface area contributed by atoms with Crippen molar-refractivity contribution in [1.29, 1.82) is 0 Å². The number of carbonyl (C=O) groups excluding carboxylic acids is 1. The fourth-order valence-corrected chi connectivity index (χ4v) is 3.19. The maximum Gasteiger partial charge on any atom is 0.259 e. The zero-order valence-electron chi connectivity index (χ0n) is 15.9. The summed E-state index contributed by atoms with van der Waals surface area (Å²) in [5, 5.41) is 4.92. The van der Waals surface area contributed by atoms with Gasteiger partial charge in [0.05, 0.1) is 12.7 Å². The number of benzene rings is 1. The van der Waals surface area contributed by atoms with Crippen molar-refractivity contribution in [3.63, 3.8) is 0 Å². The first-order valence-electron chi connectivity index (χ1n) is 8.69. The van der Waals surface area contributed by atoms with Crippen LogP contribution in [0.5, 0.6) is 5.75 Å². The molecule has 0 aliphatic carbocycles. The molecule has 2 heterocycles. The Labute approximate surface area is 163 Å². The molecule has 0 aliphatic heterocycles. The van der Waals surface area contributed by atoms with Gasteiger partial charge in [-0.3, -0.25) is 9.48 Å². The van der Waals surface area contributed by atoms with E-state index in [4.69, 9.17) is 16.3 Å². The largest absolute Gasteiger partial charge is 0.492 e. The van der Waals surface area contributed by atoms with Crippen LogP contribution in [-0.2, 0) is 7.05 Å². The van der Waals surface area contributed by atoms with Gasteiger partial charge in [0.2, 0.25) is 0 Å². The molecule has 0 aliphatic rings. The number of hydrogen-bond acceptors (Lipinski definition) is 3. The van der Waals surface area contributed by atoms with Gasteiger partial charge in [-0.1, -0.05) is 17.7 Å². The molecule has 0 radical (unpaired) electrons. The average molecular weight is 387 g/mol. The lowest BCUT2D eigenvalue weighted by atomic mass is 10.2. The van der Waals surface area contributed by atoms with Crippen LogP contribution in [-0.4, -0.2) is 45.4 Å². The van der Waals surface area contributed by atoms with Gasteiger partial charge in [0.1, 0.15) is 23.7 Å². The lowest BCUT2D eigenvalue weighted by Gasteiger charge is -2.19. The summed E-state index contributed by atoms with van der Waals surface area (Å²) >= 11 is 5.95. The van der Waals surface area contributed by atoms with Gasteiger partial charge in [-0.05, 0) is 44.2 Å². The number of rotatable bonds is 6. The molecule has 1 aromatic carbocycles. The highest BCUT2D eigenvalue weighted by molar-refractivity contribution is 6.30. The highest BCUT2D eigenvalue weighted by Crippen LogP contribution is 2.21. The summed E-state index contributed by atoms with van der Waals surface area (Å²) in [7, 11) is 3.60. The minimum Gasteiger partial charge on any atom is -0.492 e. The molecule has 142 valence electrons. The van der Waals surface area contributed by atoms with Gasteiger partial charge in [-0.2, -0.15) is 5.10 Å². The van der Waals surface area contributed by atoms with E-state index in [1.807, 2.05) is 49.7 Å². The van der Waals surface area contributed by atoms with E-state index in [0.29, 0.717) is 29.5 Å². The van der Waals surface area contributed by atoms with E-state index in [9.17, 15) is 4.79 Å². The molecule has 7 heteroatoms. The van der Waals surface area contributed by atoms with Crippen LogP contribution in [0.4, 0.5) is 0 Å². The maximum absolute atomic E-state index is 13.0. The van der Waals surface area contributed by atoms with Crippen molar-refractivity contribution in [1.82, 2.24) is 19.2 Å². The SMILES string of the molecule is Cc1ccc(C)n1-c1c(C(=O)N(C)CCOc2cccc(Cl)c2)cnn1C. The standard InChI is InChI=1S/C20H23ClN4O2/c1-14-8-9-15(2)25(14)19-18(13-22-24(19)4)20(26)23(3)10-11-27-17-7-5-6-16(21)12-17/h5-9,12-13H,10-11H2,1-4H3. The molecule has 0 spiro atoms. The van der Waals surface area contributed by atoms with Crippen molar-refractivity contribution >= 4 is 17.5 Å². The summed E-state index contributed by atoms with van der Waals surface area (Å²) in [5.74, 6) is 1.35. The Morgan fingerprint density at radius 2 is 1.93 bits per heavy atom. The van der Waals surface area contributed by atoms with Gasteiger partial charge in [0.25, 0.3) is 5.91 Å². The smallest absolute Gasteiger partial charge is 0.259 e. The van der Waals surface area contributed by atoms with E-state index in [1.54, 1.807) is 35.0 Å². The van der Waals surface area contributed by atoms with Gasteiger partial charge in [0.15, 0.2) is 0 Å². The van der Waals surface area contributed by atoms with Crippen molar-refractivity contribution in [2.45, 2.75) is 13.8 Å². The van der Waals surface area contributed by atoms with Crippen molar-refractivity contribution in [3.8, 4) is 11.6 Å². The molecule has 2 aromatic heterocycles. The van der Waals surface area contributed by atoms with Crippen LogP contribution in [0.1, 0.15) is 21.7 Å². The Morgan fingerprint density at radius 3 is 2.59 bits per heavy atom. The van der Waals surface area contributed by atoms with Gasteiger partial charge in [0, 0.05) is 30.5 Å². The van der Waals surface area contributed by atoms with Crippen LogP contribution < -0.4 is 4.74 Å². The zero-order valence-corrected chi connectivity index (χ0v) is 16.7. The molecule has 1 amide bonds. The molecular weight excluding hydrogens is 364 g/mol. The van der Waals surface area contributed by atoms with Gasteiger partial charge in [-0.15, -0.1) is 0 Å². The molecule has 0 saturated carbocycles. The fourth-order valence-electron chi connectivity index (χ4n) is 3.01. The van der Waals surface area contributed by atoms with E-state index in [0.717, 1.165) is 17.2 Å². The number of aryl methyl sites for hydroxylation is 3. The Hall–Kier alpha value is -2.73. The Bertz CT molecular complexity index is 941. The Balaban J connectivity index is 1.72. The lowest BCUT2D eigenvalue weighted by molar-refractivity contribution is 0.0773. The third-order valence-corrected chi connectivity index (χ3v) is 4.69. The van der Waals surface area contributed by atoms with Crippen molar-refractivity contribution < 1.29 is 9.53 Å². The van der Waals surface area contributed by atoms with Gasteiger partial charge in [-0.25, -0.2) is 0 Å². The highest BCUT2D eigenvalue weighted by atomic mass is 35.5. The molecule has 27 heavy (non-hydrogen) atoms. The Morgan fingerprint density at radius 1 is 1.22 bits per heavy atom. The topological polar surface area (TPSA) is 52.3 Å². The molecule has 0 unspecified atom stereocenters. The first-order valence-corrected chi connectivity index (χ1v) is 9.07. The third kappa shape index (κ3) is 4.01. The van der Waals surface area contributed by atoms with Crippen molar-refractivity contribution in [3.05, 3.63) is 64.6 Å². The number of nitrogens with zero attached hydrogens (tertiary/aromatic N) is 4. The minimum atomic E-state index is -0.0969. The lowest BCUT2D eigenvalue weighted by Crippen LogP contribution is -2.31. The number of hydrogen-bond donors (Lipinski definition) is 0. The quantitative estimate of drug-likeness (QED) is 0.650. The summed E-state index contributed by atoms with van der Waals surface area (Å²) < 4.78 is 9.45. The summed E-state index contributed by atoms with van der Waals surface area (Å²) in [6.07, 6.45) is 1.62. The summed E-state index contributed by atoms with van der Waals surface area (Å²) in [6.45, 7) is 4.84. The number of carbonyl (C=O) groups is 1. The third-order valence-electron chi connectivity index (χ3n) is 4.46. The number of likely N-dealkylation sites (N-methyl/N-ethyl adjacent to an activating group) is 1. The zero-order chi connectivity index (χ0) is 19.6. The number of aromatic nitrogens is 3. The van der Waals surface area contributed by atoms with Crippen LogP contribution in [0.15, 0.2) is 42.6 Å². The van der Waals surface area contributed by atoms with Crippen LogP contribution in [0.2, 0.25) is 5.02 Å². The predicted octanol–water partition coefficient (Wildman–Crippen LogP) is 3.63. The molecule has 6 nitrogen and oxygen atoms in total. The summed E-state index contributed by atoms with van der Waals surface area (Å²) in [4.78, 5) is 14.6. The second-order valence-corrected chi connectivity index (χ2v) is 6.93. The van der Waals surface area contributed by atoms with E-state index in [-0.39, 0.29) is 5.91 Å². The number of halogens is 1. The molecule has 3 aromatic rings. The molecule has 3 rings (SSSR count). The van der Waals surface area contributed by atoms with Crippen molar-refractivity contribution in [2.75, 3.05) is 20.2 Å². The van der Waals surface area contributed by atoms with E-state index >= 15 is 0 Å². The monoisotopic (exact) mass is 386 g/mol.